The number of nitrogens with zero attached hydrogens (tertiary/aromatic N) is 1. The average Bonchev–Trinajstić information content (AvgIpc) is 2.49. The van der Waals surface area contributed by atoms with Crippen LogP contribution in [0.5, 0.6) is 0 Å². The topological polar surface area (TPSA) is 55.6 Å². The van der Waals surface area contributed by atoms with Crippen LogP contribution in [0.15, 0.2) is 18.2 Å². The molecule has 2 N–H and O–H groups in total. The second-order valence-electron chi connectivity index (χ2n) is 6.75. The molecule has 0 bridgehead atoms. The Hall–Kier alpha value is -0.520. The number of ether oxygens (including phenoxy) is 1. The molecule has 0 aliphatic heterocycles. The van der Waals surface area contributed by atoms with Crippen LogP contribution in [0.4, 0.5) is 0 Å². The van der Waals surface area contributed by atoms with Crippen molar-refractivity contribution in [3.05, 3.63) is 33.8 Å². The fourth-order valence-corrected chi connectivity index (χ4v) is 3.44. The minimum atomic E-state index is -0.905. The first kappa shape index (κ1) is 21.5. The lowest BCUT2D eigenvalue weighted by molar-refractivity contribution is -0.178. The van der Waals surface area contributed by atoms with Crippen LogP contribution < -0.4 is 5.73 Å². The summed E-state index contributed by atoms with van der Waals surface area (Å²) in [6.07, 6.45) is 0.554. The summed E-state index contributed by atoms with van der Waals surface area (Å²) in [6.45, 7) is 6.98. The number of halogens is 3. The van der Waals surface area contributed by atoms with Crippen LogP contribution in [-0.4, -0.2) is 36.1 Å². The minimum Gasteiger partial charge on any atom is -0.378 e. The zero-order chi connectivity index (χ0) is 17.4. The maximum absolute atomic E-state index is 12.9. The zero-order valence-corrected chi connectivity index (χ0v) is 16.8. The molecule has 1 aliphatic rings. The lowest BCUT2D eigenvalue weighted by Crippen LogP contribution is -2.75. The molecule has 7 heteroatoms. The summed E-state index contributed by atoms with van der Waals surface area (Å²) in [5, 5.41) is 0.979. The van der Waals surface area contributed by atoms with Gasteiger partial charge in [-0.3, -0.25) is 4.79 Å². The molecule has 1 aromatic carbocycles. The number of carbonyl (C=O) groups excluding carboxylic acids is 1. The molecule has 1 amide bonds. The van der Waals surface area contributed by atoms with Gasteiger partial charge in [-0.05, 0) is 24.6 Å². The van der Waals surface area contributed by atoms with E-state index in [-0.39, 0.29) is 24.4 Å². The van der Waals surface area contributed by atoms with Crippen LogP contribution in [0.25, 0.3) is 0 Å². The van der Waals surface area contributed by atoms with Gasteiger partial charge in [0.05, 0.1) is 16.1 Å². The normalized spacial score (nSPS) is 24.7. The van der Waals surface area contributed by atoms with Crippen molar-refractivity contribution in [2.75, 3.05) is 13.7 Å². The van der Waals surface area contributed by atoms with Gasteiger partial charge in [0.2, 0.25) is 5.91 Å². The van der Waals surface area contributed by atoms with E-state index in [1.54, 1.807) is 24.1 Å². The Morgan fingerprint density at radius 2 is 2.00 bits per heavy atom. The molecule has 24 heavy (non-hydrogen) atoms. The van der Waals surface area contributed by atoms with Crippen molar-refractivity contribution in [3.63, 3.8) is 0 Å². The third-order valence-electron chi connectivity index (χ3n) is 4.96. The van der Waals surface area contributed by atoms with E-state index < -0.39 is 11.0 Å². The molecule has 0 aromatic heterocycles. The number of nitrogens with two attached hydrogens (primary N) is 1. The SMILES string of the molecule is CCOC1CC(N)(C(=O)N(C)Cc2ccc(Cl)c(Cl)c2)C1(C)C.Cl. The molecule has 0 heterocycles. The van der Waals surface area contributed by atoms with Crippen LogP contribution in [0.1, 0.15) is 32.8 Å². The number of carbonyl (C=O) groups is 1. The summed E-state index contributed by atoms with van der Waals surface area (Å²) >= 11 is 11.9. The summed E-state index contributed by atoms with van der Waals surface area (Å²) in [6, 6.07) is 5.36. The van der Waals surface area contributed by atoms with Gasteiger partial charge >= 0.3 is 0 Å². The van der Waals surface area contributed by atoms with E-state index in [0.717, 1.165) is 5.56 Å². The number of amides is 1. The molecule has 0 spiro atoms. The van der Waals surface area contributed by atoms with Crippen molar-refractivity contribution in [2.45, 2.75) is 45.4 Å². The molecule has 1 fully saturated rings. The molecule has 136 valence electrons. The fourth-order valence-electron chi connectivity index (χ4n) is 3.12. The van der Waals surface area contributed by atoms with Gasteiger partial charge in [-0.25, -0.2) is 0 Å². The molecule has 1 aliphatic carbocycles. The van der Waals surface area contributed by atoms with Gasteiger partial charge in [0.15, 0.2) is 0 Å². The van der Waals surface area contributed by atoms with Crippen LogP contribution in [0.3, 0.4) is 0 Å². The molecule has 2 rings (SSSR count). The first-order chi connectivity index (χ1) is 10.6. The number of hydrogen-bond acceptors (Lipinski definition) is 3. The largest absolute Gasteiger partial charge is 0.378 e. The predicted octanol–water partition coefficient (Wildman–Crippen LogP) is 3.91. The number of likely N-dealkylation sites (N-methyl/N-ethyl adjacent to an activating group) is 1. The minimum absolute atomic E-state index is 0. The Labute approximate surface area is 160 Å². The van der Waals surface area contributed by atoms with Crippen LogP contribution in [0, 0.1) is 5.41 Å². The molecule has 1 aromatic rings. The van der Waals surface area contributed by atoms with E-state index in [2.05, 4.69) is 0 Å². The van der Waals surface area contributed by atoms with Crippen molar-refractivity contribution in [3.8, 4) is 0 Å². The van der Waals surface area contributed by atoms with E-state index >= 15 is 0 Å². The summed E-state index contributed by atoms with van der Waals surface area (Å²) in [5.74, 6) is -0.0791. The van der Waals surface area contributed by atoms with E-state index in [1.807, 2.05) is 26.8 Å². The lowest BCUT2D eigenvalue weighted by Gasteiger charge is -2.58. The lowest BCUT2D eigenvalue weighted by atomic mass is 9.54. The Morgan fingerprint density at radius 3 is 2.50 bits per heavy atom. The van der Waals surface area contributed by atoms with Crippen molar-refractivity contribution >= 4 is 41.5 Å². The smallest absolute Gasteiger partial charge is 0.243 e. The first-order valence-corrected chi connectivity index (χ1v) is 8.49. The quantitative estimate of drug-likeness (QED) is 0.822. The van der Waals surface area contributed by atoms with Crippen LogP contribution in [0.2, 0.25) is 10.0 Å². The summed E-state index contributed by atoms with van der Waals surface area (Å²) in [5.41, 5.74) is 6.05. The second-order valence-corrected chi connectivity index (χ2v) is 7.57. The Kier molecular flexibility index (Phi) is 6.99. The molecule has 4 nitrogen and oxygen atoms in total. The highest BCUT2D eigenvalue weighted by Gasteiger charge is 2.63. The highest BCUT2D eigenvalue weighted by molar-refractivity contribution is 6.42. The van der Waals surface area contributed by atoms with E-state index in [1.165, 1.54) is 0 Å². The molecule has 2 unspecified atom stereocenters. The highest BCUT2D eigenvalue weighted by atomic mass is 35.5. The number of rotatable bonds is 5. The zero-order valence-electron chi connectivity index (χ0n) is 14.4. The maximum atomic E-state index is 12.9. The molecule has 0 saturated heterocycles. The number of benzene rings is 1. The summed E-state index contributed by atoms with van der Waals surface area (Å²) in [7, 11) is 1.75. The maximum Gasteiger partial charge on any atom is 0.243 e. The monoisotopic (exact) mass is 394 g/mol. The molecule has 0 radical (unpaired) electrons. The van der Waals surface area contributed by atoms with E-state index in [9.17, 15) is 4.79 Å². The van der Waals surface area contributed by atoms with Gasteiger partial charge in [0, 0.05) is 32.0 Å². The second kappa shape index (κ2) is 7.79. The van der Waals surface area contributed by atoms with Gasteiger partial charge in [0.1, 0.15) is 5.54 Å². The fraction of sp³-hybridized carbons (Fsp3) is 0.588. The molecular weight excluding hydrogens is 371 g/mol. The first-order valence-electron chi connectivity index (χ1n) is 7.73. The van der Waals surface area contributed by atoms with Crippen molar-refractivity contribution in [1.29, 1.82) is 0 Å². The average molecular weight is 396 g/mol. The van der Waals surface area contributed by atoms with Crippen molar-refractivity contribution in [2.24, 2.45) is 11.1 Å². The molecule has 2 atom stereocenters. The van der Waals surface area contributed by atoms with Crippen LogP contribution in [-0.2, 0) is 16.1 Å². The van der Waals surface area contributed by atoms with Gasteiger partial charge < -0.3 is 15.4 Å². The Bertz CT molecular complexity index is 609. The van der Waals surface area contributed by atoms with Gasteiger partial charge in [-0.1, -0.05) is 43.1 Å². The highest BCUT2D eigenvalue weighted by Crippen LogP contribution is 2.50. The van der Waals surface area contributed by atoms with Crippen LogP contribution >= 0.6 is 35.6 Å². The van der Waals surface area contributed by atoms with E-state index in [4.69, 9.17) is 33.7 Å². The molecular formula is C17H25Cl3N2O2. The Balaban J connectivity index is 0.00000288. The van der Waals surface area contributed by atoms with Gasteiger partial charge in [-0.2, -0.15) is 0 Å². The standard InChI is InChI=1S/C17H24Cl2N2O2.ClH/c1-5-23-14-9-17(20,16(14,2)3)15(22)21(4)10-11-6-7-12(18)13(19)8-11;/h6-8,14H,5,9-10,20H2,1-4H3;1H. The third kappa shape index (κ3) is 3.68. The van der Waals surface area contributed by atoms with E-state index in [0.29, 0.717) is 29.6 Å². The number of hydrogen-bond donors (Lipinski definition) is 1. The Morgan fingerprint density at radius 1 is 1.38 bits per heavy atom. The summed E-state index contributed by atoms with van der Waals surface area (Å²) < 4.78 is 5.68. The summed E-state index contributed by atoms with van der Waals surface area (Å²) in [4.78, 5) is 14.5. The van der Waals surface area contributed by atoms with Crippen molar-refractivity contribution < 1.29 is 9.53 Å². The predicted molar refractivity (Wildman–Crippen MR) is 101 cm³/mol. The van der Waals surface area contributed by atoms with Gasteiger partial charge in [0.25, 0.3) is 0 Å². The van der Waals surface area contributed by atoms with Gasteiger partial charge in [-0.15, -0.1) is 12.4 Å². The molecule has 1 saturated carbocycles. The van der Waals surface area contributed by atoms with Crippen molar-refractivity contribution in [1.82, 2.24) is 4.90 Å². The third-order valence-corrected chi connectivity index (χ3v) is 5.70.